The zero-order valence-electron chi connectivity index (χ0n) is 8.33. The molecule has 3 nitrogen and oxygen atoms in total. The quantitative estimate of drug-likeness (QED) is 0.633. The van der Waals surface area contributed by atoms with E-state index in [1.165, 1.54) is 11.3 Å². The molecule has 0 radical (unpaired) electrons. The van der Waals surface area contributed by atoms with Gasteiger partial charge in [-0.05, 0) is 35.4 Å². The molecule has 0 aliphatic carbocycles. The predicted octanol–water partition coefficient (Wildman–Crippen LogP) is 3.05. The molecule has 1 aromatic heterocycles. The van der Waals surface area contributed by atoms with Crippen molar-refractivity contribution in [3.05, 3.63) is 13.6 Å². The second-order valence-electron chi connectivity index (χ2n) is 3.06. The van der Waals surface area contributed by atoms with Crippen LogP contribution in [0, 0.1) is 3.01 Å². The molecule has 0 aliphatic rings. The lowest BCUT2D eigenvalue weighted by Crippen LogP contribution is -2.06. The summed E-state index contributed by atoms with van der Waals surface area (Å²) in [5.41, 5.74) is 0.845. The highest BCUT2D eigenvalue weighted by Gasteiger charge is 2.20. The van der Waals surface area contributed by atoms with Crippen LogP contribution in [0.4, 0.5) is 0 Å². The van der Waals surface area contributed by atoms with Gasteiger partial charge in [-0.2, -0.15) is 0 Å². The van der Waals surface area contributed by atoms with Gasteiger partial charge in [0.2, 0.25) is 0 Å². The fourth-order valence-electron chi connectivity index (χ4n) is 1.04. The molecule has 0 saturated heterocycles. The summed E-state index contributed by atoms with van der Waals surface area (Å²) in [5, 5.41) is 0. The highest BCUT2D eigenvalue weighted by molar-refractivity contribution is 14.1. The summed E-state index contributed by atoms with van der Waals surface area (Å²) >= 11 is 3.51. The number of halogens is 1. The van der Waals surface area contributed by atoms with E-state index in [9.17, 15) is 4.79 Å². The molecule has 0 spiro atoms. The number of nitrogens with zero attached hydrogens (tertiary/aromatic N) is 1. The minimum atomic E-state index is -0.253. The van der Waals surface area contributed by atoms with Crippen LogP contribution in [0.3, 0.4) is 0 Å². The average molecular weight is 325 g/mol. The highest BCUT2D eigenvalue weighted by atomic mass is 127. The Hall–Kier alpha value is -0.170. The zero-order chi connectivity index (χ0) is 10.7. The number of carbonyl (C=O) groups excluding carboxylic acids is 1. The van der Waals surface area contributed by atoms with Gasteiger partial charge in [0, 0.05) is 0 Å². The molecule has 78 valence electrons. The van der Waals surface area contributed by atoms with E-state index in [1.807, 2.05) is 13.8 Å². The molecular weight excluding hydrogens is 313 g/mol. The number of esters is 1. The first-order valence-electron chi connectivity index (χ1n) is 4.39. The van der Waals surface area contributed by atoms with E-state index in [-0.39, 0.29) is 11.9 Å². The molecule has 0 atom stereocenters. The third-order valence-electron chi connectivity index (χ3n) is 1.63. The third-order valence-corrected chi connectivity index (χ3v) is 3.38. The molecule has 0 saturated carbocycles. The first-order chi connectivity index (χ1) is 6.56. The monoisotopic (exact) mass is 325 g/mol. The van der Waals surface area contributed by atoms with Gasteiger partial charge < -0.3 is 4.74 Å². The highest BCUT2D eigenvalue weighted by Crippen LogP contribution is 2.26. The lowest BCUT2D eigenvalue weighted by Gasteiger charge is -2.03. The van der Waals surface area contributed by atoms with Gasteiger partial charge in [0.05, 0.1) is 12.3 Å². The van der Waals surface area contributed by atoms with Crippen molar-refractivity contribution < 1.29 is 9.53 Å². The summed E-state index contributed by atoms with van der Waals surface area (Å²) < 4.78 is 5.84. The van der Waals surface area contributed by atoms with Gasteiger partial charge in [-0.15, -0.1) is 11.3 Å². The maximum Gasteiger partial charge on any atom is 0.350 e. The van der Waals surface area contributed by atoms with Gasteiger partial charge in [0.25, 0.3) is 0 Å². The summed E-state index contributed by atoms with van der Waals surface area (Å²) in [6.07, 6.45) is 0. The summed E-state index contributed by atoms with van der Waals surface area (Å²) in [7, 11) is 0. The molecule has 1 aromatic rings. The average Bonchev–Trinajstić information content (AvgIpc) is 2.48. The Morgan fingerprint density at radius 2 is 2.29 bits per heavy atom. The first-order valence-corrected chi connectivity index (χ1v) is 6.29. The van der Waals surface area contributed by atoms with E-state index >= 15 is 0 Å². The van der Waals surface area contributed by atoms with Gasteiger partial charge in [-0.1, -0.05) is 13.8 Å². The second-order valence-corrected chi connectivity index (χ2v) is 5.81. The molecule has 1 heterocycles. The number of ether oxygens (including phenoxy) is 1. The molecule has 0 aromatic carbocycles. The smallest absolute Gasteiger partial charge is 0.350 e. The minimum Gasteiger partial charge on any atom is -0.462 e. The van der Waals surface area contributed by atoms with E-state index in [0.717, 1.165) is 8.71 Å². The van der Waals surface area contributed by atoms with Crippen LogP contribution < -0.4 is 0 Å². The van der Waals surface area contributed by atoms with Crippen LogP contribution >= 0.6 is 33.9 Å². The number of hydrogen-bond acceptors (Lipinski definition) is 4. The molecule has 1 rings (SSSR count). The topological polar surface area (TPSA) is 39.2 Å². The molecule has 0 aliphatic heterocycles. The Morgan fingerprint density at radius 3 is 2.79 bits per heavy atom. The number of carbonyl (C=O) groups is 1. The SMILES string of the molecule is CCOC(=O)c1sc(I)nc1C(C)C. The van der Waals surface area contributed by atoms with Crippen LogP contribution in [-0.2, 0) is 4.74 Å². The van der Waals surface area contributed by atoms with Crippen LogP contribution in [0.1, 0.15) is 42.1 Å². The van der Waals surface area contributed by atoms with Gasteiger partial charge in [0.15, 0.2) is 3.01 Å². The summed E-state index contributed by atoms with van der Waals surface area (Å²) in [6, 6.07) is 0. The molecule has 0 unspecified atom stereocenters. The molecule has 0 fully saturated rings. The second kappa shape index (κ2) is 5.06. The third kappa shape index (κ3) is 2.66. The standard InChI is InChI=1S/C9H12INO2S/c1-4-13-8(12)7-6(5(2)3)11-9(10)14-7/h5H,4H2,1-3H3. The summed E-state index contributed by atoms with van der Waals surface area (Å²) in [6.45, 7) is 6.26. The summed E-state index contributed by atoms with van der Waals surface area (Å²) in [4.78, 5) is 16.5. The van der Waals surface area contributed by atoms with Crippen molar-refractivity contribution in [2.75, 3.05) is 6.61 Å². The first kappa shape index (κ1) is 11.9. The fraction of sp³-hybridized carbons (Fsp3) is 0.556. The predicted molar refractivity (Wildman–Crippen MR) is 64.9 cm³/mol. The molecule has 5 heteroatoms. The Balaban J connectivity index is 3.00. The normalized spacial score (nSPS) is 10.6. The van der Waals surface area contributed by atoms with Crippen LogP contribution in [0.5, 0.6) is 0 Å². The Kier molecular flexibility index (Phi) is 4.31. The number of hydrogen-bond donors (Lipinski definition) is 0. The van der Waals surface area contributed by atoms with Crippen LogP contribution in [-0.4, -0.2) is 17.6 Å². The van der Waals surface area contributed by atoms with E-state index in [1.54, 1.807) is 6.92 Å². The van der Waals surface area contributed by atoms with E-state index in [4.69, 9.17) is 4.74 Å². The van der Waals surface area contributed by atoms with Crippen molar-refractivity contribution in [2.24, 2.45) is 0 Å². The van der Waals surface area contributed by atoms with Gasteiger partial charge in [-0.25, -0.2) is 9.78 Å². The molecule has 14 heavy (non-hydrogen) atoms. The molecular formula is C9H12INO2S. The molecule has 0 amide bonds. The van der Waals surface area contributed by atoms with Crippen molar-refractivity contribution >= 4 is 39.9 Å². The van der Waals surface area contributed by atoms with E-state index in [0.29, 0.717) is 11.5 Å². The number of aromatic nitrogens is 1. The van der Waals surface area contributed by atoms with Crippen LogP contribution in [0.15, 0.2) is 0 Å². The largest absolute Gasteiger partial charge is 0.462 e. The number of rotatable bonds is 3. The van der Waals surface area contributed by atoms with Crippen molar-refractivity contribution in [3.8, 4) is 0 Å². The van der Waals surface area contributed by atoms with Crippen molar-refractivity contribution in [3.63, 3.8) is 0 Å². The number of thiazole rings is 1. The van der Waals surface area contributed by atoms with E-state index < -0.39 is 0 Å². The Bertz CT molecular complexity index is 336. The van der Waals surface area contributed by atoms with Crippen LogP contribution in [0.2, 0.25) is 0 Å². The minimum absolute atomic E-state index is 0.253. The van der Waals surface area contributed by atoms with Gasteiger partial charge in [-0.3, -0.25) is 0 Å². The lowest BCUT2D eigenvalue weighted by atomic mass is 10.1. The molecule has 0 N–H and O–H groups in total. The van der Waals surface area contributed by atoms with Crippen LogP contribution in [0.25, 0.3) is 0 Å². The Morgan fingerprint density at radius 1 is 1.64 bits per heavy atom. The maximum atomic E-state index is 11.5. The Labute approximate surface area is 101 Å². The fourth-order valence-corrected chi connectivity index (χ4v) is 2.80. The van der Waals surface area contributed by atoms with E-state index in [2.05, 4.69) is 27.6 Å². The lowest BCUT2D eigenvalue weighted by molar-refractivity contribution is 0.0530. The van der Waals surface area contributed by atoms with Gasteiger partial charge in [0.1, 0.15) is 4.88 Å². The molecule has 0 bridgehead atoms. The zero-order valence-corrected chi connectivity index (χ0v) is 11.3. The maximum absolute atomic E-state index is 11.5. The van der Waals surface area contributed by atoms with Crippen molar-refractivity contribution in [1.29, 1.82) is 0 Å². The van der Waals surface area contributed by atoms with Gasteiger partial charge >= 0.3 is 5.97 Å². The van der Waals surface area contributed by atoms with Crippen molar-refractivity contribution in [1.82, 2.24) is 4.98 Å². The van der Waals surface area contributed by atoms with Crippen molar-refractivity contribution in [2.45, 2.75) is 26.7 Å². The summed E-state index contributed by atoms with van der Waals surface area (Å²) in [5.74, 6) is 0.00536.